The molecule has 2 aliphatic heterocycles. The summed E-state index contributed by atoms with van der Waals surface area (Å²) in [7, 11) is 0. The lowest BCUT2D eigenvalue weighted by atomic mass is 10.1. The Bertz CT molecular complexity index is 1470. The molecule has 2 aliphatic rings. The first-order valence-electron chi connectivity index (χ1n) is 11.4. The Hall–Kier alpha value is -4.37. The van der Waals surface area contributed by atoms with E-state index in [4.69, 9.17) is 25.8 Å². The van der Waals surface area contributed by atoms with Gasteiger partial charge in [0.15, 0.2) is 17.6 Å². The second-order valence-corrected chi connectivity index (χ2v) is 9.05. The minimum absolute atomic E-state index is 0.0308. The van der Waals surface area contributed by atoms with Gasteiger partial charge >= 0.3 is 5.97 Å². The minimum Gasteiger partial charge on any atom is -0.454 e. The van der Waals surface area contributed by atoms with Crippen molar-refractivity contribution in [1.29, 1.82) is 0 Å². The number of hydrogen-bond acceptors (Lipinski definition) is 7. The zero-order valence-corrected chi connectivity index (χ0v) is 20.6. The fraction of sp³-hybridized carbons (Fsp3) is 0.185. The topological polar surface area (TPSA) is 111 Å². The summed E-state index contributed by atoms with van der Waals surface area (Å²) in [5, 5.41) is 3.14. The normalized spacial score (nSPS) is 14.4. The summed E-state index contributed by atoms with van der Waals surface area (Å²) >= 11 is 6.09. The van der Waals surface area contributed by atoms with Crippen LogP contribution in [0.15, 0.2) is 54.6 Å². The number of rotatable bonds is 6. The second-order valence-electron chi connectivity index (χ2n) is 8.65. The van der Waals surface area contributed by atoms with E-state index in [-0.39, 0.29) is 30.0 Å². The van der Waals surface area contributed by atoms with Gasteiger partial charge in [-0.25, -0.2) is 4.79 Å². The Morgan fingerprint density at radius 3 is 2.54 bits per heavy atom. The van der Waals surface area contributed by atoms with Crippen LogP contribution in [0.25, 0.3) is 0 Å². The summed E-state index contributed by atoms with van der Waals surface area (Å²) in [6.07, 6.45) is -1.12. The molecule has 0 aromatic heterocycles. The van der Waals surface area contributed by atoms with Crippen LogP contribution in [0.2, 0.25) is 5.02 Å². The molecule has 3 aromatic carbocycles. The molecule has 1 N–H and O–H groups in total. The van der Waals surface area contributed by atoms with Gasteiger partial charge in [-0.1, -0.05) is 23.7 Å². The Morgan fingerprint density at radius 2 is 1.76 bits per heavy atom. The third kappa shape index (κ3) is 4.73. The molecule has 5 rings (SSSR count). The highest BCUT2D eigenvalue weighted by molar-refractivity contribution is 6.31. The number of halogens is 1. The van der Waals surface area contributed by atoms with E-state index in [2.05, 4.69) is 5.32 Å². The number of carbonyl (C=O) groups excluding carboxylic acids is 4. The van der Waals surface area contributed by atoms with Crippen LogP contribution in [0.1, 0.15) is 49.1 Å². The van der Waals surface area contributed by atoms with Crippen LogP contribution < -0.4 is 14.8 Å². The van der Waals surface area contributed by atoms with Crippen LogP contribution in [0, 0.1) is 6.92 Å². The second kappa shape index (κ2) is 9.59. The number of aryl methyl sites for hydroxylation is 1. The number of fused-ring (bicyclic) bond motifs is 2. The van der Waals surface area contributed by atoms with Crippen LogP contribution in [0.3, 0.4) is 0 Å². The Kier molecular flexibility index (Phi) is 6.31. The van der Waals surface area contributed by atoms with Gasteiger partial charge in [-0.3, -0.25) is 19.3 Å². The van der Waals surface area contributed by atoms with Gasteiger partial charge in [-0.2, -0.15) is 0 Å². The van der Waals surface area contributed by atoms with E-state index in [1.54, 1.807) is 36.4 Å². The van der Waals surface area contributed by atoms with Gasteiger partial charge in [0.25, 0.3) is 17.7 Å². The van der Waals surface area contributed by atoms with E-state index in [0.29, 0.717) is 27.8 Å². The molecule has 1 atom stereocenters. The van der Waals surface area contributed by atoms with E-state index in [0.717, 1.165) is 10.5 Å². The highest BCUT2D eigenvalue weighted by Gasteiger charge is 2.36. The van der Waals surface area contributed by atoms with Crippen LogP contribution in [0.5, 0.6) is 11.5 Å². The standard InChI is InChI=1S/C27H21ClN2O7/c1-14-3-6-18(11-21(14)28)29-24(31)15(2)37-27(34)17-5-7-19-20(10-17)26(33)30(25(19)32)12-16-4-8-22-23(9-16)36-13-35-22/h3-11,15H,12-13H2,1-2H3,(H,29,31). The molecule has 3 aromatic rings. The molecule has 10 heteroatoms. The molecule has 0 fully saturated rings. The molecule has 0 saturated carbocycles. The first-order valence-corrected chi connectivity index (χ1v) is 11.8. The van der Waals surface area contributed by atoms with Crippen molar-refractivity contribution in [3.8, 4) is 11.5 Å². The van der Waals surface area contributed by atoms with Crippen LogP contribution in [-0.2, 0) is 16.1 Å². The third-order valence-electron chi connectivity index (χ3n) is 6.08. The first kappa shape index (κ1) is 24.3. The summed E-state index contributed by atoms with van der Waals surface area (Å²) in [5.41, 5.74) is 2.33. The third-order valence-corrected chi connectivity index (χ3v) is 6.48. The molecule has 3 amide bonds. The molecule has 188 valence electrons. The first-order chi connectivity index (χ1) is 17.7. The van der Waals surface area contributed by atoms with Gasteiger partial charge in [0.2, 0.25) is 6.79 Å². The maximum Gasteiger partial charge on any atom is 0.338 e. The fourth-order valence-corrected chi connectivity index (χ4v) is 4.16. The van der Waals surface area contributed by atoms with Crippen molar-refractivity contribution in [2.75, 3.05) is 12.1 Å². The molecular weight excluding hydrogens is 500 g/mol. The van der Waals surface area contributed by atoms with Crippen molar-refractivity contribution < 1.29 is 33.4 Å². The molecule has 0 spiro atoms. The van der Waals surface area contributed by atoms with Gasteiger partial charge < -0.3 is 19.5 Å². The SMILES string of the molecule is Cc1ccc(NC(=O)C(C)OC(=O)c2ccc3c(c2)C(=O)N(Cc2ccc4c(c2)OCO4)C3=O)cc1Cl. The maximum absolute atomic E-state index is 13.0. The number of carbonyl (C=O) groups is 4. The fourth-order valence-electron chi connectivity index (χ4n) is 3.98. The number of ether oxygens (including phenoxy) is 3. The number of nitrogens with one attached hydrogen (secondary N) is 1. The van der Waals surface area contributed by atoms with Gasteiger partial charge in [0.05, 0.1) is 23.2 Å². The number of nitrogens with zero attached hydrogens (tertiary/aromatic N) is 1. The molecule has 0 bridgehead atoms. The van der Waals surface area contributed by atoms with E-state index in [9.17, 15) is 19.2 Å². The lowest BCUT2D eigenvalue weighted by molar-refractivity contribution is -0.123. The van der Waals surface area contributed by atoms with E-state index < -0.39 is 29.8 Å². The molecule has 0 aliphatic carbocycles. The Balaban J connectivity index is 1.26. The van der Waals surface area contributed by atoms with Gasteiger partial charge in [-0.15, -0.1) is 0 Å². The highest BCUT2D eigenvalue weighted by Crippen LogP contribution is 2.34. The van der Waals surface area contributed by atoms with Gasteiger partial charge in [0, 0.05) is 10.7 Å². The molecule has 1 unspecified atom stereocenters. The average molecular weight is 521 g/mol. The minimum atomic E-state index is -1.12. The summed E-state index contributed by atoms with van der Waals surface area (Å²) in [5.74, 6) is -1.21. The molecular formula is C27H21ClN2O7. The zero-order valence-electron chi connectivity index (χ0n) is 19.9. The molecule has 0 radical (unpaired) electrons. The molecule has 9 nitrogen and oxygen atoms in total. The van der Waals surface area contributed by atoms with Crippen molar-refractivity contribution in [2.24, 2.45) is 0 Å². The Morgan fingerprint density at radius 1 is 1.00 bits per heavy atom. The Labute approximate surface area is 216 Å². The summed E-state index contributed by atoms with van der Waals surface area (Å²) in [6, 6.07) is 14.3. The van der Waals surface area contributed by atoms with Crippen molar-refractivity contribution in [3.63, 3.8) is 0 Å². The van der Waals surface area contributed by atoms with Crippen molar-refractivity contribution in [2.45, 2.75) is 26.5 Å². The van der Waals surface area contributed by atoms with Crippen LogP contribution >= 0.6 is 11.6 Å². The highest BCUT2D eigenvalue weighted by atomic mass is 35.5. The number of esters is 1. The quantitative estimate of drug-likeness (QED) is 0.380. The van der Waals surface area contributed by atoms with Crippen LogP contribution in [-0.4, -0.2) is 41.5 Å². The van der Waals surface area contributed by atoms with Crippen molar-refractivity contribution in [3.05, 3.63) is 87.4 Å². The zero-order chi connectivity index (χ0) is 26.3. The van der Waals surface area contributed by atoms with Crippen LogP contribution in [0.4, 0.5) is 5.69 Å². The number of amides is 3. The smallest absolute Gasteiger partial charge is 0.338 e. The number of benzene rings is 3. The molecule has 0 saturated heterocycles. The number of imide groups is 1. The summed E-state index contributed by atoms with van der Waals surface area (Å²) < 4.78 is 15.9. The lowest BCUT2D eigenvalue weighted by Crippen LogP contribution is -2.30. The van der Waals surface area contributed by atoms with Gasteiger partial charge in [-0.05, 0) is 67.4 Å². The maximum atomic E-state index is 13.0. The predicted octanol–water partition coefficient (Wildman–Crippen LogP) is 4.36. The van der Waals surface area contributed by atoms with E-state index in [1.165, 1.54) is 25.1 Å². The largest absolute Gasteiger partial charge is 0.454 e. The molecule has 37 heavy (non-hydrogen) atoms. The van der Waals surface area contributed by atoms with E-state index in [1.807, 2.05) is 6.92 Å². The van der Waals surface area contributed by atoms with E-state index >= 15 is 0 Å². The summed E-state index contributed by atoms with van der Waals surface area (Å²) in [6.45, 7) is 3.41. The average Bonchev–Trinajstić information content (AvgIpc) is 3.44. The van der Waals surface area contributed by atoms with Crippen molar-refractivity contribution >= 4 is 41.0 Å². The molecule has 2 heterocycles. The number of hydrogen-bond donors (Lipinski definition) is 1. The lowest BCUT2D eigenvalue weighted by Gasteiger charge is -2.14. The predicted molar refractivity (Wildman–Crippen MR) is 133 cm³/mol. The summed E-state index contributed by atoms with van der Waals surface area (Å²) in [4.78, 5) is 52.2. The van der Waals surface area contributed by atoms with Crippen molar-refractivity contribution in [1.82, 2.24) is 4.90 Å². The van der Waals surface area contributed by atoms with Gasteiger partial charge in [0.1, 0.15) is 0 Å². The monoisotopic (exact) mass is 520 g/mol. The number of anilines is 1.